The SMILES string of the molecule is CCN1CCOC(CNC2CCCC2S(C)(=O)=O)C1. The van der Waals surface area contributed by atoms with E-state index >= 15 is 0 Å². The minimum Gasteiger partial charge on any atom is -0.374 e. The van der Waals surface area contributed by atoms with Gasteiger partial charge in [0, 0.05) is 31.9 Å². The summed E-state index contributed by atoms with van der Waals surface area (Å²) in [4.78, 5) is 2.37. The summed E-state index contributed by atoms with van der Waals surface area (Å²) in [6.07, 6.45) is 4.30. The van der Waals surface area contributed by atoms with Gasteiger partial charge in [0.2, 0.25) is 0 Å². The van der Waals surface area contributed by atoms with Gasteiger partial charge < -0.3 is 10.1 Å². The quantitative estimate of drug-likeness (QED) is 0.787. The Kier molecular flexibility index (Phi) is 5.22. The van der Waals surface area contributed by atoms with Crippen LogP contribution < -0.4 is 5.32 Å². The molecule has 0 aromatic heterocycles. The van der Waals surface area contributed by atoms with Crippen LogP contribution in [0.3, 0.4) is 0 Å². The van der Waals surface area contributed by atoms with Crippen LogP contribution in [0.5, 0.6) is 0 Å². The molecule has 5 nitrogen and oxygen atoms in total. The van der Waals surface area contributed by atoms with Crippen molar-refractivity contribution >= 4 is 9.84 Å². The van der Waals surface area contributed by atoms with Gasteiger partial charge in [-0.3, -0.25) is 4.90 Å². The molecule has 6 heteroatoms. The number of rotatable bonds is 5. The molecule has 1 saturated carbocycles. The number of ether oxygens (including phenoxy) is 1. The summed E-state index contributed by atoms with van der Waals surface area (Å²) >= 11 is 0. The minimum atomic E-state index is -2.93. The Morgan fingerprint density at radius 3 is 2.84 bits per heavy atom. The zero-order chi connectivity index (χ0) is 13.9. The zero-order valence-corrected chi connectivity index (χ0v) is 12.8. The van der Waals surface area contributed by atoms with E-state index in [0.29, 0.717) is 0 Å². The Morgan fingerprint density at radius 1 is 1.37 bits per heavy atom. The van der Waals surface area contributed by atoms with E-state index in [4.69, 9.17) is 4.74 Å². The van der Waals surface area contributed by atoms with Gasteiger partial charge in [0.05, 0.1) is 18.0 Å². The third kappa shape index (κ3) is 4.15. The molecule has 0 bridgehead atoms. The van der Waals surface area contributed by atoms with Crippen LogP contribution in [0.2, 0.25) is 0 Å². The maximum atomic E-state index is 11.7. The molecule has 0 aromatic carbocycles. The summed E-state index contributed by atoms with van der Waals surface area (Å²) in [5.74, 6) is 0. The van der Waals surface area contributed by atoms with Gasteiger partial charge in [0.15, 0.2) is 9.84 Å². The molecule has 0 radical (unpaired) electrons. The molecule has 2 rings (SSSR count). The lowest BCUT2D eigenvalue weighted by molar-refractivity contribution is -0.0262. The first-order valence-corrected chi connectivity index (χ1v) is 9.22. The van der Waals surface area contributed by atoms with E-state index in [1.165, 1.54) is 6.26 Å². The normalized spacial score (nSPS) is 33.7. The van der Waals surface area contributed by atoms with Crippen molar-refractivity contribution in [3.63, 3.8) is 0 Å². The zero-order valence-electron chi connectivity index (χ0n) is 12.0. The molecular weight excluding hydrogens is 264 g/mol. The number of morpholine rings is 1. The van der Waals surface area contributed by atoms with Crippen LogP contribution >= 0.6 is 0 Å². The predicted molar refractivity (Wildman–Crippen MR) is 76.1 cm³/mol. The van der Waals surface area contributed by atoms with Crippen molar-refractivity contribution in [3.05, 3.63) is 0 Å². The first-order chi connectivity index (χ1) is 9.00. The van der Waals surface area contributed by atoms with Crippen LogP contribution in [-0.2, 0) is 14.6 Å². The lowest BCUT2D eigenvalue weighted by Crippen LogP contribution is -2.50. The first-order valence-electron chi connectivity index (χ1n) is 7.27. The molecular formula is C13H26N2O3S. The Morgan fingerprint density at radius 2 is 2.16 bits per heavy atom. The highest BCUT2D eigenvalue weighted by molar-refractivity contribution is 7.91. The van der Waals surface area contributed by atoms with Crippen LogP contribution in [0.25, 0.3) is 0 Å². The molecule has 1 aliphatic carbocycles. The van der Waals surface area contributed by atoms with Crippen molar-refractivity contribution in [1.82, 2.24) is 10.2 Å². The average molecular weight is 290 g/mol. The van der Waals surface area contributed by atoms with Gasteiger partial charge in [-0.25, -0.2) is 8.42 Å². The summed E-state index contributed by atoms with van der Waals surface area (Å²) in [5, 5.41) is 3.21. The largest absolute Gasteiger partial charge is 0.374 e. The average Bonchev–Trinajstić information content (AvgIpc) is 2.85. The minimum absolute atomic E-state index is 0.107. The molecule has 1 N–H and O–H groups in total. The van der Waals surface area contributed by atoms with Gasteiger partial charge in [-0.1, -0.05) is 13.3 Å². The number of likely N-dealkylation sites (N-methyl/N-ethyl adjacent to an activating group) is 1. The molecule has 0 aromatic rings. The Balaban J connectivity index is 1.81. The topological polar surface area (TPSA) is 58.6 Å². The monoisotopic (exact) mass is 290 g/mol. The van der Waals surface area contributed by atoms with E-state index in [9.17, 15) is 8.42 Å². The molecule has 3 atom stereocenters. The molecule has 1 heterocycles. The number of nitrogens with one attached hydrogen (secondary N) is 1. The van der Waals surface area contributed by atoms with Crippen LogP contribution in [-0.4, -0.2) is 69.8 Å². The third-order valence-corrected chi connectivity index (χ3v) is 5.94. The van der Waals surface area contributed by atoms with Gasteiger partial charge >= 0.3 is 0 Å². The highest BCUT2D eigenvalue weighted by atomic mass is 32.2. The van der Waals surface area contributed by atoms with Crippen molar-refractivity contribution in [1.29, 1.82) is 0 Å². The highest BCUT2D eigenvalue weighted by Crippen LogP contribution is 2.25. The fraction of sp³-hybridized carbons (Fsp3) is 1.00. The summed E-state index contributed by atoms with van der Waals surface area (Å²) in [7, 11) is -2.93. The summed E-state index contributed by atoms with van der Waals surface area (Å²) in [6, 6.07) is 0.107. The second-order valence-corrected chi connectivity index (χ2v) is 7.96. The van der Waals surface area contributed by atoms with Gasteiger partial charge in [-0.05, 0) is 19.4 Å². The van der Waals surface area contributed by atoms with Gasteiger partial charge in [-0.2, -0.15) is 0 Å². The highest BCUT2D eigenvalue weighted by Gasteiger charge is 2.35. The van der Waals surface area contributed by atoms with Crippen molar-refractivity contribution in [3.8, 4) is 0 Å². The van der Waals surface area contributed by atoms with E-state index < -0.39 is 9.84 Å². The fourth-order valence-electron chi connectivity index (χ4n) is 3.15. The molecule has 112 valence electrons. The molecule has 0 spiro atoms. The van der Waals surface area contributed by atoms with Gasteiger partial charge in [-0.15, -0.1) is 0 Å². The fourth-order valence-corrected chi connectivity index (χ4v) is 4.57. The van der Waals surface area contributed by atoms with E-state index in [2.05, 4.69) is 17.1 Å². The smallest absolute Gasteiger partial charge is 0.151 e. The lowest BCUT2D eigenvalue weighted by Gasteiger charge is -2.33. The second kappa shape index (κ2) is 6.52. The van der Waals surface area contributed by atoms with E-state index in [-0.39, 0.29) is 17.4 Å². The summed E-state index contributed by atoms with van der Waals surface area (Å²) in [6.45, 7) is 6.69. The number of hydrogen-bond acceptors (Lipinski definition) is 5. The first kappa shape index (κ1) is 15.2. The van der Waals surface area contributed by atoms with Crippen LogP contribution in [0, 0.1) is 0 Å². The van der Waals surface area contributed by atoms with Gasteiger partial charge in [0.1, 0.15) is 0 Å². The Bertz CT molecular complexity index is 385. The number of hydrogen-bond donors (Lipinski definition) is 1. The Labute approximate surface area is 116 Å². The molecule has 19 heavy (non-hydrogen) atoms. The van der Waals surface area contributed by atoms with Crippen LogP contribution in [0.1, 0.15) is 26.2 Å². The molecule has 2 aliphatic rings. The van der Waals surface area contributed by atoms with Crippen LogP contribution in [0.4, 0.5) is 0 Å². The maximum absolute atomic E-state index is 11.7. The molecule has 3 unspecified atom stereocenters. The standard InChI is InChI=1S/C13H26N2O3S/c1-3-15-7-8-18-11(10-15)9-14-12-5-4-6-13(12)19(2,16)17/h11-14H,3-10H2,1-2H3. The molecule has 2 fully saturated rings. The maximum Gasteiger partial charge on any atom is 0.151 e. The molecule has 1 saturated heterocycles. The van der Waals surface area contributed by atoms with Gasteiger partial charge in [0.25, 0.3) is 0 Å². The molecule has 1 aliphatic heterocycles. The van der Waals surface area contributed by atoms with Crippen molar-refractivity contribution in [2.75, 3.05) is 39.0 Å². The summed E-state index contributed by atoms with van der Waals surface area (Å²) in [5.41, 5.74) is 0. The summed E-state index contributed by atoms with van der Waals surface area (Å²) < 4.78 is 29.2. The Hall–Kier alpha value is -0.170. The van der Waals surface area contributed by atoms with E-state index in [1.807, 2.05) is 0 Å². The van der Waals surface area contributed by atoms with E-state index in [0.717, 1.165) is 52.0 Å². The predicted octanol–water partition coefficient (Wildman–Crippen LogP) is 0.262. The second-order valence-electron chi connectivity index (χ2n) is 5.70. The van der Waals surface area contributed by atoms with Crippen molar-refractivity contribution < 1.29 is 13.2 Å². The van der Waals surface area contributed by atoms with Crippen molar-refractivity contribution in [2.45, 2.75) is 43.6 Å². The van der Waals surface area contributed by atoms with Crippen LogP contribution in [0.15, 0.2) is 0 Å². The lowest BCUT2D eigenvalue weighted by atomic mass is 10.2. The third-order valence-electron chi connectivity index (χ3n) is 4.28. The number of sulfone groups is 1. The van der Waals surface area contributed by atoms with Crippen molar-refractivity contribution in [2.24, 2.45) is 0 Å². The molecule has 0 amide bonds. The van der Waals surface area contributed by atoms with E-state index in [1.54, 1.807) is 0 Å². The number of nitrogens with zero attached hydrogens (tertiary/aromatic N) is 1.